The minimum atomic E-state index is -0.170. The second kappa shape index (κ2) is 5.94. The van der Waals surface area contributed by atoms with Crippen LogP contribution in [0.25, 0.3) is 0 Å². The van der Waals surface area contributed by atoms with Gasteiger partial charge in [0.15, 0.2) is 5.69 Å². The van der Waals surface area contributed by atoms with E-state index in [2.05, 4.69) is 25.7 Å². The monoisotopic (exact) mass is 260 g/mol. The third-order valence-corrected chi connectivity index (χ3v) is 2.56. The van der Waals surface area contributed by atoms with Crippen molar-refractivity contribution in [2.45, 2.75) is 13.5 Å². The summed E-state index contributed by atoms with van der Waals surface area (Å²) in [4.78, 5) is 13.7. The van der Waals surface area contributed by atoms with Crippen LogP contribution in [0.1, 0.15) is 23.0 Å². The lowest BCUT2D eigenvalue weighted by Gasteiger charge is -2.15. The largest absolute Gasteiger partial charge is 0.369 e. The first-order chi connectivity index (χ1) is 9.20. The average molecular weight is 260 g/mol. The molecule has 2 heterocycles. The van der Waals surface area contributed by atoms with E-state index in [0.29, 0.717) is 18.1 Å². The van der Waals surface area contributed by atoms with E-state index in [-0.39, 0.29) is 5.91 Å². The van der Waals surface area contributed by atoms with E-state index in [9.17, 15) is 4.79 Å². The lowest BCUT2D eigenvalue weighted by atomic mass is 10.3. The second-order valence-corrected chi connectivity index (χ2v) is 4.10. The van der Waals surface area contributed by atoms with E-state index in [1.165, 1.54) is 0 Å². The Morgan fingerprint density at radius 1 is 1.42 bits per heavy atom. The van der Waals surface area contributed by atoms with Gasteiger partial charge < -0.3 is 10.2 Å². The summed E-state index contributed by atoms with van der Waals surface area (Å²) in [6.07, 6.45) is 3.44. The Labute approximate surface area is 111 Å². The first-order valence-electron chi connectivity index (χ1n) is 6.01. The van der Waals surface area contributed by atoms with Crippen LogP contribution in [0.3, 0.4) is 0 Å². The van der Waals surface area contributed by atoms with E-state index >= 15 is 0 Å². The SMILES string of the molecule is CCNc1ccc(C(=O)N(C)Cc2cn[nH]c2)nn1. The molecule has 100 valence electrons. The number of rotatable bonds is 5. The number of nitrogens with zero attached hydrogens (tertiary/aromatic N) is 4. The zero-order valence-electron chi connectivity index (χ0n) is 10.9. The first kappa shape index (κ1) is 13.0. The maximum atomic E-state index is 12.1. The molecule has 0 aromatic carbocycles. The Bertz CT molecular complexity index is 522. The van der Waals surface area contributed by atoms with Crippen molar-refractivity contribution in [1.29, 1.82) is 0 Å². The van der Waals surface area contributed by atoms with Crippen LogP contribution >= 0.6 is 0 Å². The summed E-state index contributed by atoms with van der Waals surface area (Å²) in [7, 11) is 1.72. The summed E-state index contributed by atoms with van der Waals surface area (Å²) >= 11 is 0. The fourth-order valence-corrected chi connectivity index (χ4v) is 1.63. The van der Waals surface area contributed by atoms with Crippen molar-refractivity contribution in [3.05, 3.63) is 35.8 Å². The lowest BCUT2D eigenvalue weighted by molar-refractivity contribution is 0.0778. The highest BCUT2D eigenvalue weighted by molar-refractivity contribution is 5.92. The van der Waals surface area contributed by atoms with Crippen molar-refractivity contribution in [2.75, 3.05) is 18.9 Å². The van der Waals surface area contributed by atoms with Crippen molar-refractivity contribution in [2.24, 2.45) is 0 Å². The van der Waals surface area contributed by atoms with Crippen LogP contribution in [0.4, 0.5) is 5.82 Å². The van der Waals surface area contributed by atoms with Gasteiger partial charge in [0.05, 0.1) is 6.20 Å². The smallest absolute Gasteiger partial charge is 0.274 e. The van der Waals surface area contributed by atoms with Crippen LogP contribution in [-0.4, -0.2) is 44.8 Å². The molecule has 2 aromatic rings. The average Bonchev–Trinajstić information content (AvgIpc) is 2.92. The number of hydrogen-bond donors (Lipinski definition) is 2. The summed E-state index contributed by atoms with van der Waals surface area (Å²) in [6, 6.07) is 3.41. The van der Waals surface area contributed by atoms with Crippen LogP contribution in [0.5, 0.6) is 0 Å². The summed E-state index contributed by atoms with van der Waals surface area (Å²) in [5.41, 5.74) is 1.26. The van der Waals surface area contributed by atoms with Crippen LogP contribution in [0, 0.1) is 0 Å². The predicted molar refractivity (Wildman–Crippen MR) is 70.6 cm³/mol. The third kappa shape index (κ3) is 3.27. The number of amides is 1. The molecule has 2 N–H and O–H groups in total. The highest BCUT2D eigenvalue weighted by Gasteiger charge is 2.14. The molecular weight excluding hydrogens is 244 g/mol. The number of hydrogen-bond acceptors (Lipinski definition) is 5. The van der Waals surface area contributed by atoms with Gasteiger partial charge in [-0.3, -0.25) is 9.89 Å². The molecule has 7 nitrogen and oxygen atoms in total. The molecule has 0 aliphatic rings. The Balaban J connectivity index is 2.02. The fraction of sp³-hybridized carbons (Fsp3) is 0.333. The molecule has 0 saturated heterocycles. The Morgan fingerprint density at radius 3 is 2.84 bits per heavy atom. The second-order valence-electron chi connectivity index (χ2n) is 4.10. The number of aromatic amines is 1. The fourth-order valence-electron chi connectivity index (χ4n) is 1.63. The molecule has 2 aromatic heterocycles. The van der Waals surface area contributed by atoms with E-state index in [1.54, 1.807) is 36.5 Å². The topological polar surface area (TPSA) is 86.8 Å². The summed E-state index contributed by atoms with van der Waals surface area (Å²) < 4.78 is 0. The molecule has 0 aliphatic carbocycles. The quantitative estimate of drug-likeness (QED) is 0.834. The van der Waals surface area contributed by atoms with Crippen molar-refractivity contribution in [1.82, 2.24) is 25.3 Å². The van der Waals surface area contributed by atoms with Gasteiger partial charge in [-0.25, -0.2) is 0 Å². The van der Waals surface area contributed by atoms with Crippen LogP contribution in [-0.2, 0) is 6.54 Å². The van der Waals surface area contributed by atoms with Crippen molar-refractivity contribution < 1.29 is 4.79 Å². The molecule has 0 atom stereocenters. The van der Waals surface area contributed by atoms with Gasteiger partial charge in [0.25, 0.3) is 5.91 Å². The first-order valence-corrected chi connectivity index (χ1v) is 6.01. The normalized spacial score (nSPS) is 10.2. The van der Waals surface area contributed by atoms with Gasteiger partial charge in [0.2, 0.25) is 0 Å². The number of aromatic nitrogens is 4. The standard InChI is InChI=1S/C12H16N6O/c1-3-13-11-5-4-10(16-17-11)12(19)18(2)8-9-6-14-15-7-9/h4-7H,3,8H2,1-2H3,(H,13,17)(H,14,15). The zero-order valence-corrected chi connectivity index (χ0v) is 10.9. The van der Waals surface area contributed by atoms with E-state index in [1.807, 2.05) is 6.92 Å². The number of anilines is 1. The van der Waals surface area contributed by atoms with Gasteiger partial charge in [-0.2, -0.15) is 5.10 Å². The van der Waals surface area contributed by atoms with Gasteiger partial charge in [-0.05, 0) is 19.1 Å². The maximum absolute atomic E-state index is 12.1. The van der Waals surface area contributed by atoms with Gasteiger partial charge in [0.1, 0.15) is 5.82 Å². The molecule has 0 saturated carbocycles. The van der Waals surface area contributed by atoms with E-state index < -0.39 is 0 Å². The number of nitrogens with one attached hydrogen (secondary N) is 2. The van der Waals surface area contributed by atoms with Crippen molar-refractivity contribution in [3.8, 4) is 0 Å². The predicted octanol–water partition coefficient (Wildman–Crippen LogP) is 0.904. The Kier molecular flexibility index (Phi) is 4.07. The number of H-pyrrole nitrogens is 1. The molecular formula is C12H16N6O. The molecule has 0 unspecified atom stereocenters. The molecule has 1 amide bonds. The van der Waals surface area contributed by atoms with E-state index in [0.717, 1.165) is 12.1 Å². The summed E-state index contributed by atoms with van der Waals surface area (Å²) in [6.45, 7) is 3.22. The maximum Gasteiger partial charge on any atom is 0.274 e. The minimum absolute atomic E-state index is 0.170. The molecule has 0 radical (unpaired) electrons. The molecule has 0 fully saturated rings. The van der Waals surface area contributed by atoms with Crippen LogP contribution in [0.2, 0.25) is 0 Å². The summed E-state index contributed by atoms with van der Waals surface area (Å²) in [5.74, 6) is 0.494. The van der Waals surface area contributed by atoms with Gasteiger partial charge >= 0.3 is 0 Å². The Hall–Kier alpha value is -2.44. The van der Waals surface area contributed by atoms with Crippen molar-refractivity contribution >= 4 is 11.7 Å². The highest BCUT2D eigenvalue weighted by Crippen LogP contribution is 2.06. The molecule has 2 rings (SSSR count). The van der Waals surface area contributed by atoms with Gasteiger partial charge in [-0.1, -0.05) is 0 Å². The molecule has 0 bridgehead atoms. The van der Waals surface area contributed by atoms with Crippen LogP contribution < -0.4 is 5.32 Å². The Morgan fingerprint density at radius 2 is 2.26 bits per heavy atom. The zero-order chi connectivity index (χ0) is 13.7. The molecule has 7 heteroatoms. The van der Waals surface area contributed by atoms with Gasteiger partial charge in [-0.15, -0.1) is 10.2 Å². The van der Waals surface area contributed by atoms with Gasteiger partial charge in [0, 0.05) is 31.9 Å². The molecule has 0 spiro atoms. The number of carbonyl (C=O) groups excluding carboxylic acids is 1. The summed E-state index contributed by atoms with van der Waals surface area (Å²) in [5, 5.41) is 17.4. The molecule has 19 heavy (non-hydrogen) atoms. The lowest BCUT2D eigenvalue weighted by Crippen LogP contribution is -2.27. The minimum Gasteiger partial charge on any atom is -0.369 e. The number of carbonyl (C=O) groups is 1. The van der Waals surface area contributed by atoms with Crippen LogP contribution in [0.15, 0.2) is 24.5 Å². The van der Waals surface area contributed by atoms with Crippen molar-refractivity contribution in [3.63, 3.8) is 0 Å². The third-order valence-electron chi connectivity index (χ3n) is 2.56. The molecule has 0 aliphatic heterocycles. The highest BCUT2D eigenvalue weighted by atomic mass is 16.2. The van der Waals surface area contributed by atoms with E-state index in [4.69, 9.17) is 0 Å².